The summed E-state index contributed by atoms with van der Waals surface area (Å²) in [6.45, 7) is 5.43. The van der Waals surface area contributed by atoms with E-state index in [2.05, 4.69) is 38.2 Å². The van der Waals surface area contributed by atoms with Gasteiger partial charge in [-0.3, -0.25) is 9.59 Å². The molecule has 11 heteroatoms. The minimum Gasteiger partial charge on any atom is -0.774 e. The minimum absolute atomic E-state index is 0.000583. The zero-order valence-electron chi connectivity index (χ0n) is 37.3. The van der Waals surface area contributed by atoms with Crippen molar-refractivity contribution in [2.75, 3.05) is 33.9 Å². The Balaban J connectivity index is 4.65. The number of nitrogens with zero attached hydrogens (tertiary/aromatic N) is 1. The van der Waals surface area contributed by atoms with Crippen LogP contribution in [-0.4, -0.2) is 78.7 Å². The number of aliphatic hydroxyl groups is 2. The predicted octanol–water partition coefficient (Wildman–Crippen LogP) is 11.2. The molecule has 0 amide bonds. The number of unbranched alkanes of at least 4 members (excludes halogenated alkanes) is 22. The Bertz CT molecular complexity index is 1060. The molecule has 2 N–H and O–H groups in total. The van der Waals surface area contributed by atoms with Gasteiger partial charge >= 0.3 is 11.9 Å². The molecular weight excluding hydrogens is 741 g/mol. The fourth-order valence-electron chi connectivity index (χ4n) is 6.61. The lowest BCUT2D eigenvalue weighted by molar-refractivity contribution is -0.902. The maximum atomic E-state index is 13.2. The number of hydrogen-bond acceptors (Lipinski definition) is 9. The lowest BCUT2D eigenvalue weighted by Gasteiger charge is -2.42. The van der Waals surface area contributed by atoms with Crippen molar-refractivity contribution in [3.8, 4) is 0 Å². The Morgan fingerprint density at radius 2 is 1.00 bits per heavy atom. The van der Waals surface area contributed by atoms with Crippen LogP contribution in [-0.2, 0) is 28.2 Å². The molecule has 0 saturated heterocycles. The van der Waals surface area contributed by atoms with Crippen molar-refractivity contribution >= 4 is 19.5 Å². The number of rotatable bonds is 41. The van der Waals surface area contributed by atoms with Crippen molar-refractivity contribution in [1.29, 1.82) is 0 Å². The van der Waals surface area contributed by atoms with Crippen LogP contribution in [0.25, 0.3) is 0 Å². The van der Waals surface area contributed by atoms with Gasteiger partial charge in [0.25, 0.3) is 0 Å². The van der Waals surface area contributed by atoms with Gasteiger partial charge in [0.2, 0.25) is 0 Å². The van der Waals surface area contributed by atoms with Gasteiger partial charge in [-0.15, -0.1) is 0 Å². The zero-order valence-corrected chi connectivity index (χ0v) is 38.2. The van der Waals surface area contributed by atoms with Gasteiger partial charge in [0, 0.05) is 19.3 Å². The highest BCUT2D eigenvalue weighted by molar-refractivity contribution is 7.51. The first-order valence-electron chi connectivity index (χ1n) is 23.1. The summed E-state index contributed by atoms with van der Waals surface area (Å²) in [6, 6.07) is 0. The Kier molecular flexibility index (Phi) is 36.4. The molecule has 0 aromatic rings. The highest BCUT2D eigenvalue weighted by Gasteiger charge is 2.35. The summed E-state index contributed by atoms with van der Waals surface area (Å²) >= 11 is 0. The van der Waals surface area contributed by atoms with Crippen LogP contribution in [0.2, 0.25) is 0 Å². The minimum atomic E-state index is -4.49. The van der Waals surface area contributed by atoms with E-state index in [4.69, 9.17) is 14.0 Å². The molecule has 0 heterocycles. The molecule has 3 atom stereocenters. The largest absolute Gasteiger partial charge is 0.774 e. The Morgan fingerprint density at radius 3 is 1.42 bits per heavy atom. The van der Waals surface area contributed by atoms with E-state index in [-0.39, 0.29) is 36.9 Å². The van der Waals surface area contributed by atoms with E-state index in [1.54, 1.807) is 14.1 Å². The molecule has 0 aromatic carbocycles. The smallest absolute Gasteiger partial charge is 0.306 e. The average molecular weight is 830 g/mol. The molecule has 336 valence electrons. The second-order valence-corrected chi connectivity index (χ2v) is 18.8. The third-order valence-corrected chi connectivity index (χ3v) is 12.9. The summed E-state index contributed by atoms with van der Waals surface area (Å²) < 4.78 is 29.5. The number of ether oxygens (including phenoxy) is 2. The molecular formula is C46H88NO9P. The van der Waals surface area contributed by atoms with E-state index in [0.717, 1.165) is 70.6 Å². The van der Waals surface area contributed by atoms with Crippen LogP contribution in [0.4, 0.5) is 0 Å². The second-order valence-electron chi connectivity index (χ2n) is 16.7. The average Bonchev–Trinajstić information content (AvgIpc) is 3.17. The first-order valence-corrected chi connectivity index (χ1v) is 24.8. The zero-order chi connectivity index (χ0) is 42.5. The maximum Gasteiger partial charge on any atom is 0.306 e. The van der Waals surface area contributed by atoms with E-state index in [1.807, 2.05) is 0 Å². The van der Waals surface area contributed by atoms with Gasteiger partial charge in [0.1, 0.15) is 12.4 Å². The summed E-state index contributed by atoms with van der Waals surface area (Å²) in [5.41, 5.74) is 0. The molecule has 0 fully saturated rings. The van der Waals surface area contributed by atoms with Gasteiger partial charge in [-0.2, -0.15) is 0 Å². The first-order chi connectivity index (χ1) is 27.4. The molecule has 2 unspecified atom stereocenters. The molecule has 57 heavy (non-hydrogen) atoms. The van der Waals surface area contributed by atoms with E-state index >= 15 is 0 Å². The number of carbonyl (C=O) groups excluding carboxylic acids is 2. The number of carbonyl (C=O) groups is 2. The topological polar surface area (TPSA) is 142 Å². The SMILES string of the molecule is CCCCCCCC/C=C\CCCCCCCC(=O)OC[C@H](COP(=O)([O-])C(C)[N+](C)(C)CCC(O)O)OC(=O)CCCCCCC/C=C\CCCCCCCC. The lowest BCUT2D eigenvalue weighted by Crippen LogP contribution is -2.50. The summed E-state index contributed by atoms with van der Waals surface area (Å²) in [5, 5.41) is 18.6. The van der Waals surface area contributed by atoms with Gasteiger partial charge in [0.05, 0.1) is 27.2 Å². The van der Waals surface area contributed by atoms with Crippen LogP contribution in [0, 0.1) is 0 Å². The van der Waals surface area contributed by atoms with Crippen LogP contribution in [0.1, 0.15) is 207 Å². The molecule has 0 rings (SSSR count). The van der Waals surface area contributed by atoms with Crippen molar-refractivity contribution in [2.45, 2.75) is 225 Å². The molecule has 0 radical (unpaired) electrons. The highest BCUT2D eigenvalue weighted by atomic mass is 31.2. The summed E-state index contributed by atoms with van der Waals surface area (Å²) in [5.74, 6) is -1.89. The lowest BCUT2D eigenvalue weighted by atomic mass is 10.1. The normalized spacial score (nSPS) is 14.4. The Morgan fingerprint density at radius 1 is 0.614 bits per heavy atom. The van der Waals surface area contributed by atoms with Crippen LogP contribution in [0.5, 0.6) is 0 Å². The van der Waals surface area contributed by atoms with Crippen LogP contribution in [0.15, 0.2) is 24.3 Å². The molecule has 0 aliphatic rings. The number of allylic oxidation sites excluding steroid dienone is 4. The molecule has 0 saturated carbocycles. The second kappa shape index (κ2) is 37.4. The van der Waals surface area contributed by atoms with Crippen molar-refractivity contribution in [3.63, 3.8) is 0 Å². The van der Waals surface area contributed by atoms with Crippen molar-refractivity contribution < 1.29 is 47.7 Å². The van der Waals surface area contributed by atoms with Gasteiger partial charge in [-0.25, -0.2) is 0 Å². The molecule has 0 bridgehead atoms. The van der Waals surface area contributed by atoms with Crippen molar-refractivity contribution in [2.24, 2.45) is 0 Å². The number of esters is 2. The van der Waals surface area contributed by atoms with Gasteiger partial charge < -0.3 is 38.2 Å². The predicted molar refractivity (Wildman–Crippen MR) is 233 cm³/mol. The molecule has 0 spiro atoms. The fourth-order valence-corrected chi connectivity index (χ4v) is 8.08. The summed E-state index contributed by atoms with van der Waals surface area (Å²) in [7, 11) is -1.15. The fraction of sp³-hybridized carbons (Fsp3) is 0.870. The van der Waals surface area contributed by atoms with Crippen molar-refractivity contribution in [1.82, 2.24) is 0 Å². The van der Waals surface area contributed by atoms with Gasteiger partial charge in [-0.1, -0.05) is 141 Å². The third kappa shape index (κ3) is 35.0. The van der Waals surface area contributed by atoms with E-state index < -0.39 is 44.3 Å². The summed E-state index contributed by atoms with van der Waals surface area (Å²) in [6.07, 6.45) is 37.1. The van der Waals surface area contributed by atoms with Gasteiger partial charge in [0.15, 0.2) is 20.0 Å². The molecule has 10 nitrogen and oxygen atoms in total. The standard InChI is InChI=1S/C46H88NO9P/c1-6-8-10-12-14-16-18-20-22-24-26-28-30-32-34-36-45(50)54-40-43(41-55-57(52,53)42(3)47(4,5)39-38-44(48)49)56-46(51)37-35-33-31-29-27-25-23-21-19-17-15-13-11-9-7-2/h20-23,42-44,48-49H,6-19,24-41H2,1-5H3/b22-20-,23-21-/t42?,43-/m1/s1. The van der Waals surface area contributed by atoms with Crippen LogP contribution in [0.3, 0.4) is 0 Å². The monoisotopic (exact) mass is 830 g/mol. The number of aliphatic hydroxyl groups excluding tert-OH is 1. The Labute approximate surface area is 349 Å². The molecule has 0 aliphatic carbocycles. The third-order valence-electron chi connectivity index (χ3n) is 10.9. The van der Waals surface area contributed by atoms with Crippen molar-refractivity contribution in [3.05, 3.63) is 24.3 Å². The number of hydrogen-bond donors (Lipinski definition) is 2. The van der Waals surface area contributed by atoms with Gasteiger partial charge in [-0.05, 0) is 71.1 Å². The van der Waals surface area contributed by atoms with Crippen LogP contribution >= 0.6 is 7.60 Å². The van der Waals surface area contributed by atoms with E-state index in [1.165, 1.54) is 90.4 Å². The van der Waals surface area contributed by atoms with E-state index in [9.17, 15) is 29.3 Å². The van der Waals surface area contributed by atoms with E-state index in [0.29, 0.717) is 12.8 Å². The molecule has 0 aliphatic heterocycles. The highest BCUT2D eigenvalue weighted by Crippen LogP contribution is 2.46. The number of quaternary nitrogens is 1. The summed E-state index contributed by atoms with van der Waals surface area (Å²) in [4.78, 5) is 38.5. The molecule has 0 aromatic heterocycles. The Hall–Kier alpha value is -1.55. The quantitative estimate of drug-likeness (QED) is 0.0154. The maximum absolute atomic E-state index is 13.2. The van der Waals surface area contributed by atoms with Crippen LogP contribution < -0.4 is 4.89 Å². The first kappa shape index (κ1) is 55.5.